The van der Waals surface area contributed by atoms with Gasteiger partial charge in [0, 0.05) is 15.5 Å². The summed E-state index contributed by atoms with van der Waals surface area (Å²) in [5, 5.41) is 22.5. The summed E-state index contributed by atoms with van der Waals surface area (Å²) in [4.78, 5) is 11.2. The van der Waals surface area contributed by atoms with Crippen LogP contribution in [-0.4, -0.2) is 30.3 Å². The molecule has 1 aromatic heterocycles. The first kappa shape index (κ1) is 22.6. The first-order chi connectivity index (χ1) is 13.2. The van der Waals surface area contributed by atoms with E-state index in [1.54, 1.807) is 23.1 Å². The third-order valence-corrected chi connectivity index (χ3v) is 6.61. The maximum Gasteiger partial charge on any atom is 0.490 e. The fourth-order valence-corrected chi connectivity index (χ4v) is 5.00. The number of hydrogen-bond acceptors (Lipinski definition) is 5. The average molecular weight is 449 g/mol. The number of hydrogen-bond donors (Lipinski definition) is 2. The Bertz CT molecular complexity index is 879. The maximum atomic E-state index is 10.6. The minimum absolute atomic E-state index is 0.785. The Balaban J connectivity index is 0.000000345. The van der Waals surface area contributed by atoms with E-state index in [4.69, 9.17) is 26.8 Å². The van der Waals surface area contributed by atoms with Crippen LogP contribution in [0.2, 0.25) is 5.02 Å². The van der Waals surface area contributed by atoms with Crippen LogP contribution in [0.25, 0.3) is 0 Å². The van der Waals surface area contributed by atoms with Crippen LogP contribution in [0, 0.1) is 11.3 Å². The topological polar surface area (TPSA) is 73.1 Å². The van der Waals surface area contributed by atoms with Gasteiger partial charge in [-0.1, -0.05) is 17.7 Å². The molecule has 0 bridgehead atoms. The standard InChI is InChI=1S/C16H15ClN2S2.C2HF3O2/c17-14-2-1-11-3-6-19-7-4-13(11)16(14)21-10-15-12(9-18)5-8-20-15;3-2(4,5)1(6)7/h1-2,5,8,19H,3-4,6-7,10H2;(H,6,7). The van der Waals surface area contributed by atoms with E-state index >= 15 is 0 Å². The van der Waals surface area contributed by atoms with E-state index in [0.29, 0.717) is 0 Å². The van der Waals surface area contributed by atoms with Crippen molar-refractivity contribution in [3.63, 3.8) is 0 Å². The van der Waals surface area contributed by atoms with Gasteiger partial charge >= 0.3 is 12.1 Å². The van der Waals surface area contributed by atoms with Gasteiger partial charge in [-0.05, 0) is 54.6 Å². The molecule has 4 nitrogen and oxygen atoms in total. The number of fused-ring (bicyclic) bond motifs is 1. The zero-order valence-corrected chi connectivity index (χ0v) is 16.9. The van der Waals surface area contributed by atoms with Gasteiger partial charge < -0.3 is 10.4 Å². The number of aliphatic carboxylic acids is 1. The van der Waals surface area contributed by atoms with E-state index in [1.165, 1.54) is 16.0 Å². The van der Waals surface area contributed by atoms with Crippen molar-refractivity contribution in [2.75, 3.05) is 13.1 Å². The average Bonchev–Trinajstić information content (AvgIpc) is 2.96. The molecule has 3 rings (SSSR count). The molecule has 1 aliphatic rings. The third-order valence-electron chi connectivity index (χ3n) is 3.89. The fraction of sp³-hybridized carbons (Fsp3) is 0.333. The summed E-state index contributed by atoms with van der Waals surface area (Å²) in [5.41, 5.74) is 3.57. The highest BCUT2D eigenvalue weighted by Gasteiger charge is 2.38. The molecule has 0 fully saturated rings. The first-order valence-electron chi connectivity index (χ1n) is 8.14. The maximum absolute atomic E-state index is 10.6. The lowest BCUT2D eigenvalue weighted by molar-refractivity contribution is -0.192. The first-order valence-corrected chi connectivity index (χ1v) is 10.4. The molecular weight excluding hydrogens is 433 g/mol. The van der Waals surface area contributed by atoms with E-state index < -0.39 is 12.1 Å². The number of carboxylic acid groups (broad SMARTS) is 1. The second-order valence-corrected chi connectivity index (χ2v) is 8.12. The Morgan fingerprint density at radius 2 is 2.00 bits per heavy atom. The molecule has 10 heteroatoms. The van der Waals surface area contributed by atoms with Crippen molar-refractivity contribution in [2.45, 2.75) is 29.7 Å². The second-order valence-electron chi connectivity index (χ2n) is 5.73. The van der Waals surface area contributed by atoms with Crippen LogP contribution in [-0.2, 0) is 23.4 Å². The molecule has 150 valence electrons. The highest BCUT2D eigenvalue weighted by atomic mass is 35.5. The number of halogens is 4. The van der Waals surface area contributed by atoms with Crippen LogP contribution in [0.5, 0.6) is 0 Å². The molecule has 0 unspecified atom stereocenters. The van der Waals surface area contributed by atoms with E-state index in [0.717, 1.165) is 47.1 Å². The number of nitrogens with one attached hydrogen (secondary N) is 1. The summed E-state index contributed by atoms with van der Waals surface area (Å²) in [5.74, 6) is -1.95. The summed E-state index contributed by atoms with van der Waals surface area (Å²) >= 11 is 9.83. The quantitative estimate of drug-likeness (QED) is 0.654. The summed E-state index contributed by atoms with van der Waals surface area (Å²) in [6.45, 7) is 2.03. The highest BCUT2D eigenvalue weighted by molar-refractivity contribution is 7.98. The van der Waals surface area contributed by atoms with Crippen molar-refractivity contribution in [3.05, 3.63) is 50.2 Å². The zero-order valence-electron chi connectivity index (χ0n) is 14.5. The van der Waals surface area contributed by atoms with Crippen LogP contribution in [0.1, 0.15) is 21.6 Å². The zero-order chi connectivity index (χ0) is 20.7. The summed E-state index contributed by atoms with van der Waals surface area (Å²) in [6.07, 6.45) is -3.00. The Morgan fingerprint density at radius 1 is 1.32 bits per heavy atom. The van der Waals surface area contributed by atoms with Gasteiger partial charge in [-0.3, -0.25) is 0 Å². The van der Waals surface area contributed by atoms with Gasteiger partial charge in [-0.2, -0.15) is 18.4 Å². The Kier molecular flexibility index (Phi) is 8.19. The van der Waals surface area contributed by atoms with Crippen molar-refractivity contribution in [3.8, 4) is 6.07 Å². The van der Waals surface area contributed by atoms with Crippen molar-refractivity contribution < 1.29 is 23.1 Å². The van der Waals surface area contributed by atoms with Crippen LogP contribution >= 0.6 is 34.7 Å². The molecule has 0 aliphatic carbocycles. The molecule has 28 heavy (non-hydrogen) atoms. The van der Waals surface area contributed by atoms with E-state index in [-0.39, 0.29) is 0 Å². The Hall–Kier alpha value is -1.73. The third kappa shape index (κ3) is 6.14. The van der Waals surface area contributed by atoms with Gasteiger partial charge in [0.05, 0.1) is 10.6 Å². The molecule has 2 aromatic rings. The number of benzene rings is 1. The number of carboxylic acids is 1. The Labute approximate surface area is 173 Å². The monoisotopic (exact) mass is 448 g/mol. The number of thiophene rings is 1. The number of thioether (sulfide) groups is 1. The van der Waals surface area contributed by atoms with Gasteiger partial charge in [0.2, 0.25) is 0 Å². The second kappa shape index (κ2) is 10.2. The molecule has 1 aromatic carbocycles. The largest absolute Gasteiger partial charge is 0.490 e. The predicted molar refractivity (Wildman–Crippen MR) is 104 cm³/mol. The highest BCUT2D eigenvalue weighted by Crippen LogP contribution is 2.37. The lowest BCUT2D eigenvalue weighted by atomic mass is 10.0. The van der Waals surface area contributed by atoms with Crippen LogP contribution < -0.4 is 5.32 Å². The molecule has 0 atom stereocenters. The van der Waals surface area contributed by atoms with Crippen LogP contribution in [0.3, 0.4) is 0 Å². The lowest BCUT2D eigenvalue weighted by Gasteiger charge is -2.13. The van der Waals surface area contributed by atoms with Crippen molar-refractivity contribution in [1.29, 1.82) is 5.26 Å². The van der Waals surface area contributed by atoms with Gasteiger partial charge in [0.25, 0.3) is 0 Å². The normalized spacial score (nSPS) is 13.5. The molecule has 0 amide bonds. The fourth-order valence-electron chi connectivity index (χ4n) is 2.56. The van der Waals surface area contributed by atoms with Gasteiger partial charge in [0.15, 0.2) is 0 Å². The summed E-state index contributed by atoms with van der Waals surface area (Å²) in [6, 6.07) is 8.30. The predicted octanol–water partition coefficient (Wildman–Crippen LogP) is 4.89. The lowest BCUT2D eigenvalue weighted by Crippen LogP contribution is -2.21. The summed E-state index contributed by atoms with van der Waals surface area (Å²) < 4.78 is 31.7. The molecular formula is C18H16ClF3N2O2S2. The Morgan fingerprint density at radius 3 is 2.64 bits per heavy atom. The molecule has 2 heterocycles. The van der Waals surface area contributed by atoms with Gasteiger partial charge in [0.1, 0.15) is 6.07 Å². The molecule has 1 aliphatic heterocycles. The molecule has 0 saturated heterocycles. The minimum Gasteiger partial charge on any atom is -0.475 e. The number of alkyl halides is 3. The number of nitriles is 1. The van der Waals surface area contributed by atoms with E-state index in [2.05, 4.69) is 17.5 Å². The van der Waals surface area contributed by atoms with E-state index in [9.17, 15) is 13.2 Å². The number of rotatable bonds is 3. The van der Waals surface area contributed by atoms with Crippen molar-refractivity contribution >= 4 is 40.7 Å². The van der Waals surface area contributed by atoms with Crippen LogP contribution in [0.15, 0.2) is 28.5 Å². The molecule has 0 saturated carbocycles. The van der Waals surface area contributed by atoms with Crippen molar-refractivity contribution in [2.24, 2.45) is 0 Å². The SMILES string of the molecule is N#Cc1ccsc1CSc1c(Cl)ccc2c1CCNCC2.O=C(O)C(F)(F)F. The number of nitrogens with zero attached hydrogens (tertiary/aromatic N) is 1. The smallest absolute Gasteiger partial charge is 0.475 e. The minimum atomic E-state index is -5.08. The van der Waals surface area contributed by atoms with E-state index in [1.807, 2.05) is 17.5 Å². The van der Waals surface area contributed by atoms with Crippen LogP contribution in [0.4, 0.5) is 13.2 Å². The molecule has 0 radical (unpaired) electrons. The molecule has 0 spiro atoms. The van der Waals surface area contributed by atoms with Crippen molar-refractivity contribution in [1.82, 2.24) is 5.32 Å². The van der Waals surface area contributed by atoms with Gasteiger partial charge in [-0.25, -0.2) is 4.79 Å². The van der Waals surface area contributed by atoms with Gasteiger partial charge in [-0.15, -0.1) is 23.1 Å². The number of carbonyl (C=O) groups is 1. The summed E-state index contributed by atoms with van der Waals surface area (Å²) in [7, 11) is 0. The molecule has 2 N–H and O–H groups in total.